The predicted molar refractivity (Wildman–Crippen MR) is 98.2 cm³/mol. The average Bonchev–Trinajstić information content (AvgIpc) is 2.60. The van der Waals surface area contributed by atoms with Crippen LogP contribution in [-0.4, -0.2) is 7.11 Å². The van der Waals surface area contributed by atoms with Gasteiger partial charge in [0.1, 0.15) is 5.75 Å². The highest BCUT2D eigenvalue weighted by molar-refractivity contribution is 6.14. The summed E-state index contributed by atoms with van der Waals surface area (Å²) in [6, 6.07) is 25.8. The fourth-order valence-electron chi connectivity index (χ4n) is 3.26. The van der Waals surface area contributed by atoms with Crippen LogP contribution in [0.15, 0.2) is 72.8 Å². The van der Waals surface area contributed by atoms with Gasteiger partial charge in [0.15, 0.2) is 0 Å². The van der Waals surface area contributed by atoms with Crippen molar-refractivity contribution in [3.8, 4) is 16.9 Å². The minimum Gasteiger partial charge on any atom is -0.497 e. The summed E-state index contributed by atoms with van der Waals surface area (Å²) in [5.74, 6) is 0.890. The lowest BCUT2D eigenvalue weighted by atomic mass is 9.92. The molecule has 4 aromatic rings. The van der Waals surface area contributed by atoms with Crippen LogP contribution < -0.4 is 4.74 Å². The second kappa shape index (κ2) is 5.44. The number of benzene rings is 4. The summed E-state index contributed by atoms with van der Waals surface area (Å²) in [6.07, 6.45) is 0. The molecular weight excluding hydrogens is 280 g/mol. The summed E-state index contributed by atoms with van der Waals surface area (Å²) >= 11 is 0. The van der Waals surface area contributed by atoms with Crippen LogP contribution in [0, 0.1) is 6.92 Å². The van der Waals surface area contributed by atoms with Crippen LogP contribution in [0.25, 0.3) is 32.7 Å². The van der Waals surface area contributed by atoms with Crippen LogP contribution >= 0.6 is 0 Å². The topological polar surface area (TPSA) is 9.23 Å². The molecule has 1 nitrogen and oxygen atoms in total. The van der Waals surface area contributed by atoms with E-state index in [-0.39, 0.29) is 0 Å². The smallest absolute Gasteiger partial charge is 0.119 e. The van der Waals surface area contributed by atoms with Crippen molar-refractivity contribution in [2.75, 3.05) is 7.11 Å². The predicted octanol–water partition coefficient (Wildman–Crippen LogP) is 5.98. The van der Waals surface area contributed by atoms with Crippen molar-refractivity contribution in [3.05, 3.63) is 78.4 Å². The van der Waals surface area contributed by atoms with E-state index in [1.165, 1.54) is 38.2 Å². The molecule has 1 heteroatoms. The first-order valence-corrected chi connectivity index (χ1v) is 7.83. The number of hydrogen-bond donors (Lipinski definition) is 0. The molecule has 0 radical (unpaired) electrons. The molecule has 0 N–H and O–H groups in total. The van der Waals surface area contributed by atoms with Crippen molar-refractivity contribution in [3.63, 3.8) is 0 Å². The van der Waals surface area contributed by atoms with Gasteiger partial charge in [0.2, 0.25) is 0 Å². The molecule has 0 bridgehead atoms. The van der Waals surface area contributed by atoms with E-state index in [9.17, 15) is 0 Å². The standard InChI is InChI=1S/C22H18O/c1-15-6-5-8-16(12-15)21-13-17-7-3-4-9-19(17)20-11-10-18(23-2)14-22(20)21/h3-14H,1-2H3. The van der Waals surface area contributed by atoms with E-state index in [2.05, 4.69) is 73.7 Å². The fraction of sp³-hybridized carbons (Fsp3) is 0.0909. The van der Waals surface area contributed by atoms with Crippen LogP contribution in [0.3, 0.4) is 0 Å². The van der Waals surface area contributed by atoms with Crippen molar-refractivity contribution < 1.29 is 4.74 Å². The fourth-order valence-corrected chi connectivity index (χ4v) is 3.26. The monoisotopic (exact) mass is 298 g/mol. The molecule has 0 aliphatic carbocycles. The first-order chi connectivity index (χ1) is 11.3. The summed E-state index contributed by atoms with van der Waals surface area (Å²) in [6.45, 7) is 2.13. The maximum absolute atomic E-state index is 5.45. The van der Waals surface area contributed by atoms with Crippen LogP contribution in [0.5, 0.6) is 5.75 Å². The molecule has 0 saturated heterocycles. The number of hydrogen-bond acceptors (Lipinski definition) is 1. The molecule has 0 amide bonds. The minimum atomic E-state index is 0.890. The summed E-state index contributed by atoms with van der Waals surface area (Å²) in [4.78, 5) is 0. The van der Waals surface area contributed by atoms with Gasteiger partial charge in [-0.1, -0.05) is 60.2 Å². The Balaban J connectivity index is 2.15. The Labute approximate surface area is 136 Å². The zero-order valence-electron chi connectivity index (χ0n) is 13.3. The first kappa shape index (κ1) is 13.8. The Morgan fingerprint density at radius 1 is 0.696 bits per heavy atom. The van der Waals surface area contributed by atoms with Crippen molar-refractivity contribution in [2.24, 2.45) is 0 Å². The zero-order chi connectivity index (χ0) is 15.8. The average molecular weight is 298 g/mol. The van der Waals surface area contributed by atoms with Gasteiger partial charge in [0, 0.05) is 0 Å². The third-order valence-corrected chi connectivity index (χ3v) is 4.40. The summed E-state index contributed by atoms with van der Waals surface area (Å²) < 4.78 is 5.45. The van der Waals surface area contributed by atoms with Gasteiger partial charge in [-0.05, 0) is 57.8 Å². The highest BCUT2D eigenvalue weighted by Gasteiger charge is 2.09. The Morgan fingerprint density at radius 3 is 2.39 bits per heavy atom. The van der Waals surface area contributed by atoms with Gasteiger partial charge in [-0.15, -0.1) is 0 Å². The number of ether oxygens (including phenoxy) is 1. The van der Waals surface area contributed by atoms with Crippen LogP contribution in [-0.2, 0) is 0 Å². The number of fused-ring (bicyclic) bond motifs is 3. The summed E-state index contributed by atoms with van der Waals surface area (Å²) in [5.41, 5.74) is 3.77. The molecule has 0 spiro atoms. The van der Waals surface area contributed by atoms with Crippen molar-refractivity contribution in [1.82, 2.24) is 0 Å². The van der Waals surface area contributed by atoms with E-state index in [1.807, 2.05) is 6.07 Å². The van der Waals surface area contributed by atoms with Gasteiger partial charge in [0.25, 0.3) is 0 Å². The Bertz CT molecular complexity index is 1010. The molecule has 0 saturated carbocycles. The van der Waals surface area contributed by atoms with Crippen LogP contribution in [0.2, 0.25) is 0 Å². The molecule has 0 heterocycles. The van der Waals surface area contributed by atoms with E-state index >= 15 is 0 Å². The number of methoxy groups -OCH3 is 1. The van der Waals surface area contributed by atoms with Crippen molar-refractivity contribution in [1.29, 1.82) is 0 Å². The molecule has 4 aromatic carbocycles. The summed E-state index contributed by atoms with van der Waals surface area (Å²) in [7, 11) is 1.72. The van der Waals surface area contributed by atoms with E-state index in [0.717, 1.165) is 5.75 Å². The normalized spacial score (nSPS) is 11.0. The van der Waals surface area contributed by atoms with Gasteiger partial charge in [0.05, 0.1) is 7.11 Å². The van der Waals surface area contributed by atoms with E-state index in [4.69, 9.17) is 4.74 Å². The van der Waals surface area contributed by atoms with E-state index < -0.39 is 0 Å². The van der Waals surface area contributed by atoms with E-state index in [1.54, 1.807) is 7.11 Å². The first-order valence-electron chi connectivity index (χ1n) is 7.83. The molecule has 23 heavy (non-hydrogen) atoms. The van der Waals surface area contributed by atoms with Gasteiger partial charge in [-0.25, -0.2) is 0 Å². The highest BCUT2D eigenvalue weighted by Crippen LogP contribution is 2.36. The number of aryl methyl sites for hydroxylation is 1. The van der Waals surface area contributed by atoms with Gasteiger partial charge in [-0.3, -0.25) is 0 Å². The number of rotatable bonds is 2. The van der Waals surface area contributed by atoms with E-state index in [0.29, 0.717) is 0 Å². The lowest BCUT2D eigenvalue weighted by Crippen LogP contribution is -1.88. The Hall–Kier alpha value is -2.80. The third kappa shape index (κ3) is 2.35. The molecule has 0 fully saturated rings. The molecular formula is C22H18O. The van der Waals surface area contributed by atoms with Crippen molar-refractivity contribution in [2.45, 2.75) is 6.92 Å². The van der Waals surface area contributed by atoms with Crippen LogP contribution in [0.4, 0.5) is 0 Å². The maximum Gasteiger partial charge on any atom is 0.119 e. The Kier molecular flexibility index (Phi) is 3.27. The zero-order valence-corrected chi connectivity index (χ0v) is 13.3. The lowest BCUT2D eigenvalue weighted by molar-refractivity contribution is 0.415. The molecule has 0 unspecified atom stereocenters. The minimum absolute atomic E-state index is 0.890. The quantitative estimate of drug-likeness (QED) is 0.414. The second-order valence-corrected chi connectivity index (χ2v) is 5.93. The molecule has 0 aliphatic heterocycles. The summed E-state index contributed by atoms with van der Waals surface area (Å²) in [5, 5.41) is 5.04. The molecule has 0 atom stereocenters. The van der Waals surface area contributed by atoms with Gasteiger partial charge >= 0.3 is 0 Å². The second-order valence-electron chi connectivity index (χ2n) is 5.93. The molecule has 112 valence electrons. The molecule has 4 rings (SSSR count). The lowest BCUT2D eigenvalue weighted by Gasteiger charge is -2.13. The van der Waals surface area contributed by atoms with Gasteiger partial charge in [-0.2, -0.15) is 0 Å². The SMILES string of the molecule is COc1ccc2c(c1)c(-c1cccc(C)c1)cc1ccccc12. The highest BCUT2D eigenvalue weighted by atomic mass is 16.5. The third-order valence-electron chi connectivity index (χ3n) is 4.40. The van der Waals surface area contributed by atoms with Gasteiger partial charge < -0.3 is 4.74 Å². The van der Waals surface area contributed by atoms with Crippen molar-refractivity contribution >= 4 is 21.5 Å². The Morgan fingerprint density at radius 2 is 1.57 bits per heavy atom. The molecule has 0 aliphatic rings. The largest absolute Gasteiger partial charge is 0.497 e. The molecule has 0 aromatic heterocycles. The van der Waals surface area contributed by atoms with Crippen LogP contribution in [0.1, 0.15) is 5.56 Å². The maximum atomic E-state index is 5.45.